The molecule has 0 atom stereocenters. The standard InChI is InChI=1S/C12H21NO2.C10H19N.2C2H6/c1-6-8-13(11(15)7-2)9-10(14)12(3,4)5;1-3-9-11(2)10-7-5-4-6-8-10;2*1-2/h6,8H,7,9H2,1-5H3;3,9-10H,4-8H2,1-2H3;2*1-2H3/b8-6+;9-3+;;. The number of amides is 1. The van der Waals surface area contributed by atoms with E-state index in [0.717, 1.165) is 6.04 Å². The zero-order chi connectivity index (χ0) is 24.2. The number of ketones is 1. The molecule has 30 heavy (non-hydrogen) atoms. The molecule has 1 aliphatic rings. The van der Waals surface area contributed by atoms with Crippen LogP contribution >= 0.6 is 0 Å². The summed E-state index contributed by atoms with van der Waals surface area (Å²) in [7, 11) is 2.19. The monoisotopic (exact) mass is 424 g/mol. The summed E-state index contributed by atoms with van der Waals surface area (Å²) >= 11 is 0. The lowest BCUT2D eigenvalue weighted by Crippen LogP contribution is -2.36. The van der Waals surface area contributed by atoms with Crippen LogP contribution < -0.4 is 0 Å². The van der Waals surface area contributed by atoms with Crippen molar-refractivity contribution in [2.75, 3.05) is 13.6 Å². The molecule has 0 aliphatic heterocycles. The van der Waals surface area contributed by atoms with Crippen LogP contribution in [0.15, 0.2) is 24.6 Å². The largest absolute Gasteiger partial charge is 0.378 e. The van der Waals surface area contributed by atoms with Crippen molar-refractivity contribution < 1.29 is 9.59 Å². The van der Waals surface area contributed by atoms with Gasteiger partial charge in [0.1, 0.15) is 0 Å². The van der Waals surface area contributed by atoms with Crippen LogP contribution in [0.5, 0.6) is 0 Å². The van der Waals surface area contributed by atoms with Gasteiger partial charge in [0.2, 0.25) is 5.91 Å². The molecule has 1 amide bonds. The van der Waals surface area contributed by atoms with Crippen molar-refractivity contribution in [3.05, 3.63) is 24.6 Å². The maximum Gasteiger partial charge on any atom is 0.226 e. The SMILES string of the molecule is C/C=C/N(C)C1CCCCC1.C/C=C/N(CC(=O)C(C)(C)C)C(=O)CC.CC.CC. The lowest BCUT2D eigenvalue weighted by molar-refractivity contribution is -0.135. The Morgan fingerprint density at radius 3 is 1.73 bits per heavy atom. The summed E-state index contributed by atoms with van der Waals surface area (Å²) in [6.07, 6.45) is 15.2. The second-order valence-corrected chi connectivity index (χ2v) is 7.97. The Hall–Kier alpha value is -1.58. The van der Waals surface area contributed by atoms with E-state index in [4.69, 9.17) is 0 Å². The van der Waals surface area contributed by atoms with Gasteiger partial charge in [0.25, 0.3) is 0 Å². The van der Waals surface area contributed by atoms with Crippen LogP contribution in [-0.2, 0) is 9.59 Å². The molecule has 1 rings (SSSR count). The van der Waals surface area contributed by atoms with Crippen LogP contribution in [0.25, 0.3) is 0 Å². The predicted octanol–water partition coefficient (Wildman–Crippen LogP) is 7.21. The van der Waals surface area contributed by atoms with Crippen LogP contribution in [0.1, 0.15) is 108 Å². The van der Waals surface area contributed by atoms with Crippen LogP contribution in [0.4, 0.5) is 0 Å². The Kier molecular flexibility index (Phi) is 22.8. The molecule has 0 aromatic heterocycles. The maximum atomic E-state index is 11.7. The van der Waals surface area contributed by atoms with Crippen LogP contribution in [-0.4, -0.2) is 41.1 Å². The van der Waals surface area contributed by atoms with Crippen molar-refractivity contribution in [3.63, 3.8) is 0 Å². The molecule has 0 bridgehead atoms. The molecule has 0 unspecified atom stereocenters. The van der Waals surface area contributed by atoms with Crippen molar-refractivity contribution in [2.45, 2.75) is 114 Å². The van der Waals surface area contributed by atoms with Gasteiger partial charge < -0.3 is 9.80 Å². The quantitative estimate of drug-likeness (QED) is 0.452. The fourth-order valence-corrected chi connectivity index (χ4v) is 2.84. The van der Waals surface area contributed by atoms with Crippen LogP contribution in [0.2, 0.25) is 0 Å². The first-order valence-corrected chi connectivity index (χ1v) is 12.0. The molecule has 4 nitrogen and oxygen atoms in total. The topological polar surface area (TPSA) is 40.6 Å². The van der Waals surface area contributed by atoms with Crippen LogP contribution in [0, 0.1) is 5.41 Å². The number of nitrogens with zero attached hydrogens (tertiary/aromatic N) is 2. The predicted molar refractivity (Wildman–Crippen MR) is 133 cm³/mol. The fourth-order valence-electron chi connectivity index (χ4n) is 2.84. The second kappa shape index (κ2) is 20.7. The molecular formula is C26H52N2O2. The highest BCUT2D eigenvalue weighted by atomic mass is 16.2. The third-order valence-electron chi connectivity index (χ3n) is 4.64. The van der Waals surface area contributed by atoms with Gasteiger partial charge >= 0.3 is 0 Å². The third-order valence-corrected chi connectivity index (χ3v) is 4.64. The Morgan fingerprint density at radius 2 is 1.37 bits per heavy atom. The molecule has 0 aromatic carbocycles. The van der Waals surface area contributed by atoms with E-state index in [0.29, 0.717) is 6.42 Å². The van der Waals surface area contributed by atoms with E-state index < -0.39 is 5.41 Å². The molecule has 178 valence electrons. The first kappa shape index (κ1) is 33.1. The second-order valence-electron chi connectivity index (χ2n) is 7.97. The summed E-state index contributed by atoms with van der Waals surface area (Å²) in [4.78, 5) is 27.1. The van der Waals surface area contributed by atoms with Crippen LogP contribution in [0.3, 0.4) is 0 Å². The van der Waals surface area contributed by atoms with Gasteiger partial charge in [-0.2, -0.15) is 0 Å². The first-order chi connectivity index (χ1) is 14.2. The van der Waals surface area contributed by atoms with E-state index in [9.17, 15) is 9.59 Å². The van der Waals surface area contributed by atoms with E-state index in [2.05, 4.69) is 31.1 Å². The molecule has 0 N–H and O–H groups in total. The highest BCUT2D eigenvalue weighted by Gasteiger charge is 2.24. The van der Waals surface area contributed by atoms with Gasteiger partial charge in [0.05, 0.1) is 6.54 Å². The molecule has 1 fully saturated rings. The zero-order valence-electron chi connectivity index (χ0n) is 22.0. The van der Waals surface area contributed by atoms with E-state index in [-0.39, 0.29) is 18.2 Å². The Labute approximate surface area is 188 Å². The van der Waals surface area contributed by atoms with Crippen molar-refractivity contribution in [3.8, 4) is 0 Å². The van der Waals surface area contributed by atoms with Gasteiger partial charge in [0.15, 0.2) is 5.78 Å². The summed E-state index contributed by atoms with van der Waals surface area (Å²) in [5.74, 6) is 0.0492. The number of carbonyl (C=O) groups is 2. The van der Waals surface area contributed by atoms with Crippen molar-refractivity contribution >= 4 is 11.7 Å². The zero-order valence-corrected chi connectivity index (χ0v) is 22.0. The Balaban J connectivity index is -0.000000428. The number of hydrogen-bond acceptors (Lipinski definition) is 3. The lowest BCUT2D eigenvalue weighted by atomic mass is 9.90. The van der Waals surface area contributed by atoms with Crippen molar-refractivity contribution in [1.82, 2.24) is 9.80 Å². The molecule has 0 radical (unpaired) electrons. The fraction of sp³-hybridized carbons (Fsp3) is 0.769. The van der Waals surface area contributed by atoms with E-state index in [1.54, 1.807) is 19.2 Å². The Morgan fingerprint density at radius 1 is 0.900 bits per heavy atom. The minimum Gasteiger partial charge on any atom is -0.378 e. The smallest absolute Gasteiger partial charge is 0.226 e. The number of allylic oxidation sites excluding steroid dienone is 2. The summed E-state index contributed by atoms with van der Waals surface area (Å²) in [5.41, 5.74) is -0.395. The van der Waals surface area contributed by atoms with Gasteiger partial charge in [-0.1, -0.05) is 86.8 Å². The first-order valence-electron chi connectivity index (χ1n) is 12.0. The van der Waals surface area contributed by atoms with Gasteiger partial charge in [-0.25, -0.2) is 0 Å². The molecule has 0 saturated heterocycles. The minimum absolute atomic E-state index is 0.0225. The molecule has 1 aliphatic carbocycles. The minimum atomic E-state index is -0.395. The van der Waals surface area contributed by atoms with E-state index in [1.165, 1.54) is 37.0 Å². The van der Waals surface area contributed by atoms with Crippen molar-refractivity contribution in [1.29, 1.82) is 0 Å². The Bertz CT molecular complexity index is 470. The van der Waals surface area contributed by atoms with Gasteiger partial charge in [-0.3, -0.25) is 9.59 Å². The third kappa shape index (κ3) is 16.2. The average Bonchev–Trinajstić information content (AvgIpc) is 2.76. The summed E-state index contributed by atoms with van der Waals surface area (Å²) in [5, 5.41) is 0. The highest BCUT2D eigenvalue weighted by molar-refractivity contribution is 5.89. The van der Waals surface area contributed by atoms with Gasteiger partial charge in [-0.05, 0) is 32.9 Å². The maximum absolute atomic E-state index is 11.7. The number of Topliss-reactive ketones (excluding diaryl/α,β-unsaturated/α-hetero) is 1. The average molecular weight is 425 g/mol. The summed E-state index contributed by atoms with van der Waals surface area (Å²) in [6, 6.07) is 0.819. The molecular weight excluding hydrogens is 372 g/mol. The molecule has 0 heterocycles. The number of carbonyl (C=O) groups excluding carboxylic acids is 2. The summed E-state index contributed by atoms with van der Waals surface area (Å²) in [6.45, 7) is 19.5. The normalized spacial score (nSPS) is 14.0. The van der Waals surface area contributed by atoms with Gasteiger partial charge in [-0.15, -0.1) is 0 Å². The number of rotatable bonds is 6. The van der Waals surface area contributed by atoms with E-state index in [1.807, 2.05) is 55.4 Å². The molecule has 4 heteroatoms. The molecule has 0 spiro atoms. The lowest BCUT2D eigenvalue weighted by Gasteiger charge is -2.30. The van der Waals surface area contributed by atoms with E-state index >= 15 is 0 Å². The van der Waals surface area contributed by atoms with Crippen molar-refractivity contribution in [2.24, 2.45) is 5.41 Å². The number of hydrogen-bond donors (Lipinski definition) is 0. The molecule has 0 aromatic rings. The highest BCUT2D eigenvalue weighted by Crippen LogP contribution is 2.21. The summed E-state index contributed by atoms with van der Waals surface area (Å²) < 4.78 is 0. The van der Waals surface area contributed by atoms with Gasteiger partial charge in [0, 0.05) is 31.1 Å². The molecule has 1 saturated carbocycles.